The molecule has 1 aliphatic rings. The van der Waals surface area contributed by atoms with E-state index in [0.717, 1.165) is 23.5 Å². The van der Waals surface area contributed by atoms with Gasteiger partial charge in [0.25, 0.3) is 0 Å². The second-order valence-electron chi connectivity index (χ2n) is 7.12. The smallest absolute Gasteiger partial charge is 0.302 e. The maximum atomic E-state index is 11.3. The van der Waals surface area contributed by atoms with E-state index in [4.69, 9.17) is 9.47 Å². The molecule has 0 saturated heterocycles. The average molecular weight is 405 g/mol. The fourth-order valence-electron chi connectivity index (χ4n) is 3.69. The molecule has 0 bridgehead atoms. The van der Waals surface area contributed by atoms with Crippen LogP contribution in [0.3, 0.4) is 0 Å². The van der Waals surface area contributed by atoms with Gasteiger partial charge in [-0.1, -0.05) is 60.7 Å². The Morgan fingerprint density at radius 1 is 1.00 bits per heavy atom. The Bertz CT molecular complexity index is 953. The average Bonchev–Trinajstić information content (AvgIpc) is 2.77. The molecule has 2 unspecified atom stereocenters. The van der Waals surface area contributed by atoms with Crippen molar-refractivity contribution in [1.82, 2.24) is 0 Å². The quantitative estimate of drug-likeness (QED) is 0.472. The summed E-state index contributed by atoms with van der Waals surface area (Å²) in [5, 5.41) is 0. The Hall–Kier alpha value is -2.72. The maximum absolute atomic E-state index is 11.3. The highest BCUT2D eigenvalue weighted by atomic mass is 32.2. The minimum atomic E-state index is -0.335. The summed E-state index contributed by atoms with van der Waals surface area (Å²) in [6.07, 6.45) is 0.804. The standard InChI is InChI=1S/C25H24O3S/c1-18(26)27-17-24(20-7-3-2-4-8-20)28-21-13-11-19(12-14-21)22-15-16-29-25-10-6-5-9-23(22)25/h2-14,22,24H,15-17H2,1H3. The van der Waals surface area contributed by atoms with E-state index in [-0.39, 0.29) is 18.7 Å². The van der Waals surface area contributed by atoms with Gasteiger partial charge in [0.05, 0.1) is 0 Å². The van der Waals surface area contributed by atoms with E-state index in [2.05, 4.69) is 36.4 Å². The van der Waals surface area contributed by atoms with Crippen LogP contribution in [0.4, 0.5) is 0 Å². The molecule has 0 fully saturated rings. The molecule has 2 atom stereocenters. The molecule has 0 spiro atoms. The first-order chi connectivity index (χ1) is 14.2. The molecule has 3 aromatic rings. The molecular weight excluding hydrogens is 380 g/mol. The van der Waals surface area contributed by atoms with Crippen molar-refractivity contribution < 1.29 is 14.3 Å². The van der Waals surface area contributed by atoms with Crippen molar-refractivity contribution in [3.63, 3.8) is 0 Å². The Kier molecular flexibility index (Phi) is 6.20. The summed E-state index contributed by atoms with van der Waals surface area (Å²) in [6.45, 7) is 1.60. The number of hydrogen-bond acceptors (Lipinski definition) is 4. The van der Waals surface area contributed by atoms with Crippen LogP contribution in [0.15, 0.2) is 83.8 Å². The topological polar surface area (TPSA) is 35.5 Å². The van der Waals surface area contributed by atoms with Crippen molar-refractivity contribution in [3.8, 4) is 5.75 Å². The predicted molar refractivity (Wildman–Crippen MR) is 117 cm³/mol. The van der Waals surface area contributed by atoms with Crippen LogP contribution < -0.4 is 4.74 Å². The molecule has 3 aromatic carbocycles. The third kappa shape index (κ3) is 4.83. The fourth-order valence-corrected chi connectivity index (χ4v) is 4.82. The van der Waals surface area contributed by atoms with E-state index in [0.29, 0.717) is 5.92 Å². The van der Waals surface area contributed by atoms with E-state index < -0.39 is 0 Å². The number of fused-ring (bicyclic) bond motifs is 1. The van der Waals surface area contributed by atoms with E-state index in [1.54, 1.807) is 0 Å². The summed E-state index contributed by atoms with van der Waals surface area (Å²) in [7, 11) is 0. The number of thioether (sulfide) groups is 1. The molecule has 0 N–H and O–H groups in total. The Morgan fingerprint density at radius 2 is 1.72 bits per heavy atom. The zero-order chi connectivity index (χ0) is 20.1. The van der Waals surface area contributed by atoms with Crippen molar-refractivity contribution in [2.45, 2.75) is 30.3 Å². The number of rotatable bonds is 6. The van der Waals surface area contributed by atoms with Gasteiger partial charge >= 0.3 is 5.97 Å². The minimum absolute atomic E-state index is 0.189. The van der Waals surface area contributed by atoms with E-state index in [1.165, 1.54) is 22.9 Å². The molecule has 1 aliphatic heterocycles. The van der Waals surface area contributed by atoms with Crippen LogP contribution in [0.25, 0.3) is 0 Å². The lowest BCUT2D eigenvalue weighted by molar-refractivity contribution is -0.143. The fraction of sp³-hybridized carbons (Fsp3) is 0.240. The first-order valence-corrected chi connectivity index (χ1v) is 10.9. The molecule has 148 valence electrons. The Morgan fingerprint density at radius 3 is 2.48 bits per heavy atom. The lowest BCUT2D eigenvalue weighted by Crippen LogP contribution is -2.16. The van der Waals surface area contributed by atoms with Crippen LogP contribution in [0.2, 0.25) is 0 Å². The predicted octanol–water partition coefficient (Wildman–Crippen LogP) is 6.00. The summed E-state index contributed by atoms with van der Waals surface area (Å²) in [5.74, 6) is 2.03. The van der Waals surface area contributed by atoms with Crippen LogP contribution in [-0.4, -0.2) is 18.3 Å². The molecule has 0 radical (unpaired) electrons. The molecule has 0 aliphatic carbocycles. The van der Waals surface area contributed by atoms with Gasteiger partial charge in [-0.2, -0.15) is 0 Å². The van der Waals surface area contributed by atoms with E-state index in [1.807, 2.05) is 54.2 Å². The zero-order valence-electron chi connectivity index (χ0n) is 16.4. The van der Waals surface area contributed by atoms with Crippen LogP contribution in [0.1, 0.15) is 42.1 Å². The van der Waals surface area contributed by atoms with Gasteiger partial charge in [-0.15, -0.1) is 11.8 Å². The van der Waals surface area contributed by atoms with Crippen molar-refractivity contribution in [2.24, 2.45) is 0 Å². The Balaban J connectivity index is 1.52. The molecule has 3 nitrogen and oxygen atoms in total. The molecule has 29 heavy (non-hydrogen) atoms. The van der Waals surface area contributed by atoms with Crippen LogP contribution in [0.5, 0.6) is 5.75 Å². The molecule has 0 amide bonds. The lowest BCUT2D eigenvalue weighted by atomic mass is 9.89. The van der Waals surface area contributed by atoms with Crippen molar-refractivity contribution in [2.75, 3.05) is 12.4 Å². The molecular formula is C25H24O3S. The lowest BCUT2D eigenvalue weighted by Gasteiger charge is -2.26. The second-order valence-corrected chi connectivity index (χ2v) is 8.25. The molecule has 0 saturated carbocycles. The summed E-state index contributed by atoms with van der Waals surface area (Å²) in [5.41, 5.74) is 3.70. The summed E-state index contributed by atoms with van der Waals surface area (Å²) < 4.78 is 11.4. The van der Waals surface area contributed by atoms with E-state index in [9.17, 15) is 4.79 Å². The number of hydrogen-bond donors (Lipinski definition) is 0. The van der Waals surface area contributed by atoms with Gasteiger partial charge in [0.2, 0.25) is 0 Å². The maximum Gasteiger partial charge on any atom is 0.302 e. The minimum Gasteiger partial charge on any atom is -0.482 e. The highest BCUT2D eigenvalue weighted by Gasteiger charge is 2.22. The summed E-state index contributed by atoms with van der Waals surface area (Å²) in [6, 6.07) is 26.9. The van der Waals surface area contributed by atoms with Gasteiger partial charge in [-0.3, -0.25) is 4.79 Å². The molecule has 4 heteroatoms. The van der Waals surface area contributed by atoms with Crippen molar-refractivity contribution in [3.05, 3.63) is 95.6 Å². The first-order valence-electron chi connectivity index (χ1n) is 9.87. The number of carbonyl (C=O) groups excluding carboxylic acids is 1. The van der Waals surface area contributed by atoms with E-state index >= 15 is 0 Å². The number of benzene rings is 3. The normalized spacial score (nSPS) is 16.5. The molecule has 0 aromatic heterocycles. The second kappa shape index (κ2) is 9.19. The Labute approximate surface area is 176 Å². The van der Waals surface area contributed by atoms with Crippen LogP contribution in [-0.2, 0) is 9.53 Å². The first kappa shape index (κ1) is 19.6. The van der Waals surface area contributed by atoms with Crippen molar-refractivity contribution in [1.29, 1.82) is 0 Å². The number of ether oxygens (including phenoxy) is 2. The van der Waals surface area contributed by atoms with Crippen molar-refractivity contribution >= 4 is 17.7 Å². The zero-order valence-corrected chi connectivity index (χ0v) is 17.2. The largest absolute Gasteiger partial charge is 0.482 e. The van der Waals surface area contributed by atoms with Gasteiger partial charge in [0, 0.05) is 17.7 Å². The highest BCUT2D eigenvalue weighted by molar-refractivity contribution is 7.99. The molecule has 1 heterocycles. The van der Waals surface area contributed by atoms with Gasteiger partial charge in [0.1, 0.15) is 12.4 Å². The van der Waals surface area contributed by atoms with Gasteiger partial charge < -0.3 is 9.47 Å². The monoisotopic (exact) mass is 404 g/mol. The molecule has 4 rings (SSSR count). The summed E-state index contributed by atoms with van der Waals surface area (Å²) in [4.78, 5) is 12.7. The third-order valence-corrected chi connectivity index (χ3v) is 6.25. The number of esters is 1. The van der Waals surface area contributed by atoms with Gasteiger partial charge in [0.15, 0.2) is 6.10 Å². The van der Waals surface area contributed by atoms with Crippen LogP contribution >= 0.6 is 11.8 Å². The third-order valence-electron chi connectivity index (χ3n) is 5.13. The summed E-state index contributed by atoms with van der Waals surface area (Å²) >= 11 is 1.94. The SMILES string of the molecule is CC(=O)OCC(Oc1ccc(C2CCSc3ccccc32)cc1)c1ccccc1. The van der Waals surface area contributed by atoms with Gasteiger partial charge in [-0.25, -0.2) is 0 Å². The number of carbonyl (C=O) groups is 1. The van der Waals surface area contributed by atoms with Crippen LogP contribution in [0, 0.1) is 0 Å². The highest BCUT2D eigenvalue weighted by Crippen LogP contribution is 2.41. The van der Waals surface area contributed by atoms with Gasteiger partial charge in [-0.05, 0) is 47.1 Å².